The average molecular weight is 198 g/mol. The number of allylic oxidation sites excluding steroid dienone is 8. The van der Waals surface area contributed by atoms with E-state index in [9.17, 15) is 0 Å². The first-order valence-electron chi connectivity index (χ1n) is 5.85. The quantitative estimate of drug-likeness (QED) is 0.548. The van der Waals surface area contributed by atoms with Gasteiger partial charge in [-0.3, -0.25) is 0 Å². The summed E-state index contributed by atoms with van der Waals surface area (Å²) in [5.74, 6) is 0.581. The molecule has 1 saturated carbocycles. The normalized spacial score (nSPS) is 31.3. The summed E-state index contributed by atoms with van der Waals surface area (Å²) < 4.78 is 0. The Morgan fingerprint density at radius 3 is 2.60 bits per heavy atom. The summed E-state index contributed by atoms with van der Waals surface area (Å²) in [6, 6.07) is 0. The molecule has 3 rings (SSSR count). The Kier molecular flexibility index (Phi) is 1.69. The maximum absolute atomic E-state index is 2.48. The van der Waals surface area contributed by atoms with Crippen molar-refractivity contribution >= 4 is 0 Å². The summed E-state index contributed by atoms with van der Waals surface area (Å²) in [5, 5.41) is 0. The lowest BCUT2D eigenvalue weighted by atomic mass is 9.90. The maximum Gasteiger partial charge on any atom is 0.0210 e. The molecule has 0 saturated heterocycles. The summed E-state index contributed by atoms with van der Waals surface area (Å²) in [5.41, 5.74) is 6.60. The van der Waals surface area contributed by atoms with Crippen LogP contribution in [0.5, 0.6) is 0 Å². The SMILES string of the molecule is CC1=CC2C=C3CC(C)(C)CC3=CC2=C1. The molecule has 0 heterocycles. The van der Waals surface area contributed by atoms with Crippen LogP contribution in [0.15, 0.2) is 46.6 Å². The zero-order valence-corrected chi connectivity index (χ0v) is 9.80. The van der Waals surface area contributed by atoms with Crippen molar-refractivity contribution in [3.05, 3.63) is 46.6 Å². The molecule has 0 aromatic rings. The van der Waals surface area contributed by atoms with Crippen molar-refractivity contribution in [1.82, 2.24) is 0 Å². The standard InChI is InChI=1S/C15H18/c1-10-4-11-6-13-8-15(2,3)9-14(13)7-12(11)5-10/h4-7,11H,8-9H2,1-3H3. The third kappa shape index (κ3) is 1.43. The van der Waals surface area contributed by atoms with Crippen LogP contribution in [0.3, 0.4) is 0 Å². The van der Waals surface area contributed by atoms with Gasteiger partial charge in [0.05, 0.1) is 0 Å². The molecule has 0 N–H and O–H groups in total. The molecular formula is C15H18. The van der Waals surface area contributed by atoms with E-state index in [-0.39, 0.29) is 0 Å². The zero-order valence-electron chi connectivity index (χ0n) is 9.80. The van der Waals surface area contributed by atoms with Crippen LogP contribution in [0, 0.1) is 11.3 Å². The maximum atomic E-state index is 2.48. The van der Waals surface area contributed by atoms with E-state index in [1.165, 1.54) is 24.0 Å². The fourth-order valence-corrected chi connectivity index (χ4v) is 3.12. The Labute approximate surface area is 92.1 Å². The van der Waals surface area contributed by atoms with E-state index in [0.29, 0.717) is 11.3 Å². The first-order chi connectivity index (χ1) is 7.03. The largest absolute Gasteiger partial charge is 0.0703 e. The van der Waals surface area contributed by atoms with Crippen LogP contribution in [0.25, 0.3) is 0 Å². The lowest BCUT2D eigenvalue weighted by molar-refractivity contribution is 0.401. The lowest BCUT2D eigenvalue weighted by Crippen LogP contribution is -2.02. The van der Waals surface area contributed by atoms with Gasteiger partial charge in [-0.2, -0.15) is 0 Å². The smallest absolute Gasteiger partial charge is 0.0210 e. The second-order valence-electron chi connectivity index (χ2n) is 5.96. The molecule has 0 radical (unpaired) electrons. The van der Waals surface area contributed by atoms with Gasteiger partial charge in [0.25, 0.3) is 0 Å². The Balaban J connectivity index is 2.02. The topological polar surface area (TPSA) is 0 Å². The van der Waals surface area contributed by atoms with Gasteiger partial charge in [-0.15, -0.1) is 0 Å². The van der Waals surface area contributed by atoms with Gasteiger partial charge in [-0.1, -0.05) is 43.7 Å². The van der Waals surface area contributed by atoms with Crippen LogP contribution >= 0.6 is 0 Å². The second kappa shape index (κ2) is 2.75. The highest BCUT2D eigenvalue weighted by Gasteiger charge is 2.33. The first-order valence-corrected chi connectivity index (χ1v) is 5.85. The summed E-state index contributed by atoms with van der Waals surface area (Å²) in [4.78, 5) is 0. The first kappa shape index (κ1) is 9.21. The van der Waals surface area contributed by atoms with Crippen molar-refractivity contribution in [1.29, 1.82) is 0 Å². The zero-order chi connectivity index (χ0) is 10.6. The molecule has 0 amide bonds. The minimum absolute atomic E-state index is 0.482. The summed E-state index contributed by atoms with van der Waals surface area (Å²) in [6.07, 6.45) is 12.1. The molecule has 1 fully saturated rings. The molecule has 3 aliphatic carbocycles. The third-order valence-corrected chi connectivity index (χ3v) is 3.69. The number of fused-ring (bicyclic) bond motifs is 2. The Morgan fingerprint density at radius 2 is 1.80 bits per heavy atom. The minimum atomic E-state index is 0.482. The third-order valence-electron chi connectivity index (χ3n) is 3.69. The molecule has 0 aromatic heterocycles. The fraction of sp³-hybridized carbons (Fsp3) is 0.467. The molecular weight excluding hydrogens is 180 g/mol. The van der Waals surface area contributed by atoms with E-state index in [1.54, 1.807) is 11.1 Å². The molecule has 1 atom stereocenters. The molecule has 0 bridgehead atoms. The monoisotopic (exact) mass is 198 g/mol. The lowest BCUT2D eigenvalue weighted by Gasteiger charge is -2.15. The molecule has 3 aliphatic rings. The van der Waals surface area contributed by atoms with Crippen molar-refractivity contribution in [3.63, 3.8) is 0 Å². The van der Waals surface area contributed by atoms with E-state index in [1.807, 2.05) is 0 Å². The van der Waals surface area contributed by atoms with Crippen LogP contribution in [0.1, 0.15) is 33.6 Å². The van der Waals surface area contributed by atoms with E-state index in [2.05, 4.69) is 45.1 Å². The van der Waals surface area contributed by atoms with Crippen molar-refractivity contribution in [2.75, 3.05) is 0 Å². The summed E-state index contributed by atoms with van der Waals surface area (Å²) in [6.45, 7) is 6.94. The molecule has 0 spiro atoms. The summed E-state index contributed by atoms with van der Waals surface area (Å²) >= 11 is 0. The van der Waals surface area contributed by atoms with Crippen LogP contribution in [-0.2, 0) is 0 Å². The Bertz CT molecular complexity index is 439. The molecule has 1 unspecified atom stereocenters. The highest BCUT2D eigenvalue weighted by molar-refractivity contribution is 5.54. The fourth-order valence-electron chi connectivity index (χ4n) is 3.12. The van der Waals surface area contributed by atoms with E-state index in [4.69, 9.17) is 0 Å². The van der Waals surface area contributed by atoms with Gasteiger partial charge < -0.3 is 0 Å². The second-order valence-corrected chi connectivity index (χ2v) is 5.96. The van der Waals surface area contributed by atoms with E-state index >= 15 is 0 Å². The van der Waals surface area contributed by atoms with E-state index in [0.717, 1.165) is 0 Å². The average Bonchev–Trinajstić information content (AvgIpc) is 2.55. The molecule has 0 nitrogen and oxygen atoms in total. The summed E-state index contributed by atoms with van der Waals surface area (Å²) in [7, 11) is 0. The predicted octanol–water partition coefficient (Wildman–Crippen LogP) is 4.18. The number of rotatable bonds is 0. The Hall–Kier alpha value is -1.04. The van der Waals surface area contributed by atoms with E-state index < -0.39 is 0 Å². The van der Waals surface area contributed by atoms with Gasteiger partial charge in [0, 0.05) is 5.92 Å². The van der Waals surface area contributed by atoms with Gasteiger partial charge >= 0.3 is 0 Å². The van der Waals surface area contributed by atoms with Crippen molar-refractivity contribution in [3.8, 4) is 0 Å². The van der Waals surface area contributed by atoms with Gasteiger partial charge in [-0.05, 0) is 41.9 Å². The van der Waals surface area contributed by atoms with Crippen molar-refractivity contribution in [2.24, 2.45) is 11.3 Å². The number of hydrogen-bond donors (Lipinski definition) is 0. The van der Waals surface area contributed by atoms with Crippen molar-refractivity contribution < 1.29 is 0 Å². The van der Waals surface area contributed by atoms with Gasteiger partial charge in [-0.25, -0.2) is 0 Å². The Morgan fingerprint density at radius 1 is 1.07 bits per heavy atom. The van der Waals surface area contributed by atoms with Crippen molar-refractivity contribution in [2.45, 2.75) is 33.6 Å². The minimum Gasteiger partial charge on any atom is -0.0703 e. The van der Waals surface area contributed by atoms with Crippen LogP contribution in [-0.4, -0.2) is 0 Å². The molecule has 15 heavy (non-hydrogen) atoms. The number of hydrogen-bond acceptors (Lipinski definition) is 0. The van der Waals surface area contributed by atoms with Gasteiger partial charge in [0.2, 0.25) is 0 Å². The van der Waals surface area contributed by atoms with Gasteiger partial charge in [0.1, 0.15) is 0 Å². The molecule has 78 valence electrons. The predicted molar refractivity (Wildman–Crippen MR) is 64.5 cm³/mol. The van der Waals surface area contributed by atoms with Crippen LogP contribution in [0.2, 0.25) is 0 Å². The highest BCUT2D eigenvalue weighted by Crippen LogP contribution is 2.48. The molecule has 0 aliphatic heterocycles. The van der Waals surface area contributed by atoms with Gasteiger partial charge in [0.15, 0.2) is 0 Å². The molecule has 0 heteroatoms. The molecule has 0 aromatic carbocycles. The highest BCUT2D eigenvalue weighted by atomic mass is 14.4. The van der Waals surface area contributed by atoms with Crippen LogP contribution < -0.4 is 0 Å². The van der Waals surface area contributed by atoms with Crippen LogP contribution in [0.4, 0.5) is 0 Å².